The summed E-state index contributed by atoms with van der Waals surface area (Å²) in [6.45, 7) is 0.689. The SMILES string of the molecule is CN(C)CCC(=O)N(C)c1ccc(N=C(c2ccc3cccnc3c2)c2c(O)[nH]c3cc(Cl)ccc23)cc1. The van der Waals surface area contributed by atoms with E-state index in [4.69, 9.17) is 16.6 Å². The van der Waals surface area contributed by atoms with Crippen LogP contribution in [0.15, 0.2) is 84.0 Å². The lowest BCUT2D eigenvalue weighted by Crippen LogP contribution is -2.29. The minimum absolute atomic E-state index is 0.00461. The lowest BCUT2D eigenvalue weighted by Gasteiger charge is -2.19. The van der Waals surface area contributed by atoms with Crippen molar-refractivity contribution in [3.05, 3.63) is 95.1 Å². The van der Waals surface area contributed by atoms with Crippen LogP contribution in [0, 0.1) is 0 Å². The minimum Gasteiger partial charge on any atom is -0.494 e. The van der Waals surface area contributed by atoms with Gasteiger partial charge in [-0.05, 0) is 62.6 Å². The first kappa shape index (κ1) is 25.4. The lowest BCUT2D eigenvalue weighted by molar-refractivity contribution is -0.118. The number of nitrogens with one attached hydrogen (secondary N) is 1. The number of anilines is 1. The monoisotopic (exact) mass is 525 g/mol. The van der Waals surface area contributed by atoms with E-state index in [9.17, 15) is 9.90 Å². The van der Waals surface area contributed by atoms with Gasteiger partial charge in [-0.3, -0.25) is 9.78 Å². The fraction of sp³-hybridized carbons (Fsp3) is 0.167. The number of rotatable bonds is 7. The number of fused-ring (bicyclic) bond motifs is 2. The Morgan fingerprint density at radius 2 is 1.82 bits per heavy atom. The number of amides is 1. The number of hydrogen-bond acceptors (Lipinski definition) is 5. The van der Waals surface area contributed by atoms with Crippen LogP contribution in [0.2, 0.25) is 5.02 Å². The molecule has 0 radical (unpaired) electrons. The van der Waals surface area contributed by atoms with Crippen LogP contribution in [0.4, 0.5) is 11.4 Å². The summed E-state index contributed by atoms with van der Waals surface area (Å²) >= 11 is 6.20. The fourth-order valence-corrected chi connectivity index (χ4v) is 4.56. The van der Waals surface area contributed by atoms with E-state index in [1.807, 2.05) is 79.7 Å². The van der Waals surface area contributed by atoms with Gasteiger partial charge in [0.25, 0.3) is 0 Å². The lowest BCUT2D eigenvalue weighted by atomic mass is 9.99. The summed E-state index contributed by atoms with van der Waals surface area (Å²) in [4.78, 5) is 28.7. The molecule has 38 heavy (non-hydrogen) atoms. The van der Waals surface area contributed by atoms with Crippen LogP contribution in [0.5, 0.6) is 5.88 Å². The van der Waals surface area contributed by atoms with Crippen molar-refractivity contribution in [1.82, 2.24) is 14.9 Å². The van der Waals surface area contributed by atoms with Crippen molar-refractivity contribution in [3.63, 3.8) is 0 Å². The topological polar surface area (TPSA) is 84.8 Å². The van der Waals surface area contributed by atoms with Crippen molar-refractivity contribution in [2.75, 3.05) is 32.6 Å². The minimum atomic E-state index is 0.00461. The van der Waals surface area contributed by atoms with E-state index in [0.717, 1.165) is 27.5 Å². The Balaban J connectivity index is 1.58. The van der Waals surface area contributed by atoms with E-state index in [1.165, 1.54) is 0 Å². The Morgan fingerprint density at radius 3 is 2.58 bits per heavy atom. The van der Waals surface area contributed by atoms with E-state index in [2.05, 4.69) is 9.97 Å². The molecule has 0 spiro atoms. The zero-order chi connectivity index (χ0) is 26.8. The number of nitrogens with zero attached hydrogens (tertiary/aromatic N) is 4. The number of H-pyrrole nitrogens is 1. The first-order chi connectivity index (χ1) is 18.3. The van der Waals surface area contributed by atoms with Crippen LogP contribution in [0.1, 0.15) is 17.5 Å². The van der Waals surface area contributed by atoms with Gasteiger partial charge >= 0.3 is 0 Å². The molecule has 0 saturated heterocycles. The largest absolute Gasteiger partial charge is 0.494 e. The number of aromatic nitrogens is 2. The summed E-state index contributed by atoms with van der Waals surface area (Å²) < 4.78 is 0. The molecule has 5 aromatic rings. The molecule has 0 atom stereocenters. The number of aromatic hydroxyl groups is 1. The molecule has 0 bridgehead atoms. The summed E-state index contributed by atoms with van der Waals surface area (Å²) in [5.74, 6) is 0.0478. The number of benzene rings is 3. The molecule has 0 fully saturated rings. The van der Waals surface area contributed by atoms with Crippen LogP contribution in [0.3, 0.4) is 0 Å². The molecule has 2 aromatic heterocycles. The van der Waals surface area contributed by atoms with E-state index in [1.54, 1.807) is 30.3 Å². The molecule has 5 rings (SSSR count). The standard InChI is InChI=1S/C30H28ClN5O2/c1-35(2)16-14-27(37)36(3)23-11-9-22(10-12-23)33-29(20-7-6-19-5-4-15-32-25(19)17-20)28-24-13-8-21(31)18-26(24)34-30(28)38/h4-13,15,17-18,34,38H,14,16H2,1-3H3. The molecule has 0 saturated carbocycles. The van der Waals surface area contributed by atoms with Crippen molar-refractivity contribution in [2.24, 2.45) is 4.99 Å². The Morgan fingerprint density at radius 1 is 1.03 bits per heavy atom. The predicted molar refractivity (Wildman–Crippen MR) is 155 cm³/mol. The number of aromatic amines is 1. The molecular formula is C30H28ClN5O2. The summed E-state index contributed by atoms with van der Waals surface area (Å²) in [7, 11) is 5.67. The number of pyridine rings is 1. The Labute approximate surface area is 226 Å². The predicted octanol–water partition coefficient (Wildman–Crippen LogP) is 6.16. The zero-order valence-electron chi connectivity index (χ0n) is 21.4. The molecule has 8 heteroatoms. The first-order valence-electron chi connectivity index (χ1n) is 12.3. The summed E-state index contributed by atoms with van der Waals surface area (Å²) in [6, 6.07) is 22.8. The maximum Gasteiger partial charge on any atom is 0.228 e. The Bertz CT molecular complexity index is 1660. The summed E-state index contributed by atoms with van der Waals surface area (Å²) in [5, 5.41) is 13.4. The average Bonchev–Trinajstić information content (AvgIpc) is 3.24. The summed E-state index contributed by atoms with van der Waals surface area (Å²) in [6.07, 6.45) is 2.19. The van der Waals surface area contributed by atoms with Crippen LogP contribution in [-0.2, 0) is 4.79 Å². The first-order valence-corrected chi connectivity index (χ1v) is 12.6. The highest BCUT2D eigenvalue weighted by Crippen LogP contribution is 2.33. The van der Waals surface area contributed by atoms with Crippen molar-refractivity contribution in [1.29, 1.82) is 0 Å². The van der Waals surface area contributed by atoms with Crippen molar-refractivity contribution in [2.45, 2.75) is 6.42 Å². The van der Waals surface area contributed by atoms with Gasteiger partial charge in [0.15, 0.2) is 5.88 Å². The van der Waals surface area contributed by atoms with Crippen LogP contribution >= 0.6 is 11.6 Å². The van der Waals surface area contributed by atoms with E-state index in [0.29, 0.717) is 40.5 Å². The highest BCUT2D eigenvalue weighted by atomic mass is 35.5. The van der Waals surface area contributed by atoms with Crippen LogP contribution < -0.4 is 4.90 Å². The van der Waals surface area contributed by atoms with Gasteiger partial charge in [0.05, 0.1) is 28.0 Å². The van der Waals surface area contributed by atoms with Crippen molar-refractivity contribution in [3.8, 4) is 5.88 Å². The van der Waals surface area contributed by atoms with Gasteiger partial charge in [-0.1, -0.05) is 35.9 Å². The normalized spacial score (nSPS) is 12.0. The molecule has 192 valence electrons. The van der Waals surface area contributed by atoms with Crippen LogP contribution in [0.25, 0.3) is 21.8 Å². The van der Waals surface area contributed by atoms with Gasteiger partial charge in [-0.2, -0.15) is 0 Å². The molecule has 1 amide bonds. The molecule has 0 unspecified atom stereocenters. The van der Waals surface area contributed by atoms with Crippen molar-refractivity contribution < 1.29 is 9.90 Å². The molecule has 0 aliphatic rings. The molecule has 7 nitrogen and oxygen atoms in total. The fourth-order valence-electron chi connectivity index (χ4n) is 4.38. The van der Waals surface area contributed by atoms with E-state index >= 15 is 0 Å². The quantitative estimate of drug-likeness (QED) is 0.249. The Hall–Kier alpha value is -4.20. The average molecular weight is 526 g/mol. The van der Waals surface area contributed by atoms with Gasteiger partial charge in [-0.15, -0.1) is 0 Å². The molecule has 0 aliphatic heterocycles. The van der Waals surface area contributed by atoms with E-state index in [-0.39, 0.29) is 11.8 Å². The molecule has 3 aromatic carbocycles. The Kier molecular flexibility index (Phi) is 7.13. The molecule has 2 heterocycles. The molecule has 0 aliphatic carbocycles. The maximum absolute atomic E-state index is 12.6. The maximum atomic E-state index is 12.6. The highest BCUT2D eigenvalue weighted by molar-refractivity contribution is 6.31. The second kappa shape index (κ2) is 10.7. The third-order valence-electron chi connectivity index (χ3n) is 6.48. The van der Waals surface area contributed by atoms with E-state index < -0.39 is 0 Å². The third kappa shape index (κ3) is 5.25. The number of carbonyl (C=O) groups excluding carboxylic acids is 1. The van der Waals surface area contributed by atoms with Gasteiger partial charge in [-0.25, -0.2) is 4.99 Å². The van der Waals surface area contributed by atoms with Crippen molar-refractivity contribution >= 4 is 56.4 Å². The van der Waals surface area contributed by atoms with Gasteiger partial charge < -0.3 is 19.9 Å². The van der Waals surface area contributed by atoms with Gasteiger partial charge in [0, 0.05) is 53.3 Å². The third-order valence-corrected chi connectivity index (χ3v) is 6.72. The van der Waals surface area contributed by atoms with Gasteiger partial charge in [0.1, 0.15) is 0 Å². The van der Waals surface area contributed by atoms with Crippen LogP contribution in [-0.4, -0.2) is 59.3 Å². The number of aliphatic imine (C=N–C) groups is 1. The summed E-state index contributed by atoms with van der Waals surface area (Å²) in [5.41, 5.74) is 4.98. The molecular weight excluding hydrogens is 498 g/mol. The molecule has 2 N–H and O–H groups in total. The number of carbonyl (C=O) groups is 1. The smallest absolute Gasteiger partial charge is 0.228 e. The van der Waals surface area contributed by atoms with Gasteiger partial charge in [0.2, 0.25) is 5.91 Å². The zero-order valence-corrected chi connectivity index (χ0v) is 22.2. The number of halogens is 1. The second-order valence-electron chi connectivity index (χ2n) is 9.43. The highest BCUT2D eigenvalue weighted by Gasteiger charge is 2.20. The number of hydrogen-bond donors (Lipinski definition) is 2. The second-order valence-corrected chi connectivity index (χ2v) is 9.87.